The van der Waals surface area contributed by atoms with Crippen LogP contribution in [-0.2, 0) is 18.9 Å². The van der Waals surface area contributed by atoms with Gasteiger partial charge in [0.1, 0.15) is 42.3 Å². The minimum absolute atomic E-state index is 0.0205. The quantitative estimate of drug-likeness (QED) is 0.720. The van der Waals surface area contributed by atoms with Crippen molar-refractivity contribution in [1.29, 1.82) is 5.26 Å². The zero-order valence-electron chi connectivity index (χ0n) is 16.1. The van der Waals surface area contributed by atoms with Gasteiger partial charge in [-0.25, -0.2) is 14.3 Å². The molecule has 2 aromatic heterocycles. The van der Waals surface area contributed by atoms with Gasteiger partial charge in [0, 0.05) is 6.42 Å². The second-order valence-corrected chi connectivity index (χ2v) is 7.66. The summed E-state index contributed by atoms with van der Waals surface area (Å²) < 4.78 is 24.7. The van der Waals surface area contributed by atoms with Crippen molar-refractivity contribution in [2.45, 2.75) is 63.0 Å². The van der Waals surface area contributed by atoms with Gasteiger partial charge in [-0.2, -0.15) is 10.4 Å². The monoisotopic (exact) mass is 403 g/mol. The second-order valence-electron chi connectivity index (χ2n) is 7.66. The molecule has 154 valence electrons. The molecule has 0 saturated carbocycles. The van der Waals surface area contributed by atoms with Crippen LogP contribution in [0, 0.1) is 11.3 Å². The Balaban J connectivity index is 1.75. The first kappa shape index (κ1) is 19.4. The van der Waals surface area contributed by atoms with E-state index in [9.17, 15) is 10.1 Å². The van der Waals surface area contributed by atoms with E-state index in [4.69, 9.17) is 29.8 Å². The predicted octanol–water partition coefficient (Wildman–Crippen LogP) is 1.64. The Hall–Kier alpha value is -2.94. The summed E-state index contributed by atoms with van der Waals surface area (Å²) in [5.41, 5.74) is 5.66. The average molecular weight is 403 g/mol. The van der Waals surface area contributed by atoms with E-state index in [0.717, 1.165) is 0 Å². The Bertz CT molecular complexity index is 1000. The van der Waals surface area contributed by atoms with Crippen molar-refractivity contribution in [2.24, 2.45) is 0 Å². The largest absolute Gasteiger partial charge is 0.506 e. The maximum Gasteiger partial charge on any atom is 0.506 e. The van der Waals surface area contributed by atoms with Crippen LogP contribution in [0.5, 0.6) is 0 Å². The smallest absolute Gasteiger partial charge is 0.450 e. The number of nitrogen functional groups attached to an aromatic ring is 1. The molecule has 29 heavy (non-hydrogen) atoms. The Labute approximate surface area is 165 Å². The van der Waals surface area contributed by atoms with Crippen LogP contribution in [0.25, 0.3) is 5.52 Å². The standard InChI is InChI=1S/C18H21N5O6/c1-9(26-16(24)25)6-18(7-19)14-13(27-17(2,3)29-14)12(28-18)10-4-5-11-15(20)21-8-22-23(10)11/h4-5,8-9,12-14H,6H2,1-3H3,(H,24,25)(H2,20,21,22)/t9?,12-,13-,14-,18+/m0/s1. The fourth-order valence-corrected chi connectivity index (χ4v) is 4.09. The third-order valence-corrected chi connectivity index (χ3v) is 5.11. The van der Waals surface area contributed by atoms with Crippen LogP contribution in [0.4, 0.5) is 10.6 Å². The topological polar surface area (TPSA) is 154 Å². The number of carboxylic acid groups (broad SMARTS) is 1. The zero-order valence-corrected chi connectivity index (χ0v) is 16.1. The van der Waals surface area contributed by atoms with E-state index in [0.29, 0.717) is 17.0 Å². The third-order valence-electron chi connectivity index (χ3n) is 5.11. The van der Waals surface area contributed by atoms with Crippen molar-refractivity contribution in [3.63, 3.8) is 0 Å². The highest BCUT2D eigenvalue weighted by atomic mass is 16.8. The van der Waals surface area contributed by atoms with Gasteiger partial charge in [0.15, 0.2) is 17.2 Å². The fourth-order valence-electron chi connectivity index (χ4n) is 4.09. The number of nitrogens with two attached hydrogens (primary N) is 1. The first-order valence-electron chi connectivity index (χ1n) is 9.08. The maximum absolute atomic E-state index is 10.9. The molecular weight excluding hydrogens is 382 g/mol. The molecule has 0 bridgehead atoms. The molecule has 4 heterocycles. The predicted molar refractivity (Wildman–Crippen MR) is 96.6 cm³/mol. The maximum atomic E-state index is 10.9. The molecule has 0 amide bonds. The number of hydrogen-bond acceptors (Lipinski definition) is 9. The molecule has 0 spiro atoms. The van der Waals surface area contributed by atoms with Crippen LogP contribution in [0.3, 0.4) is 0 Å². The molecule has 2 saturated heterocycles. The van der Waals surface area contributed by atoms with Gasteiger partial charge in [-0.15, -0.1) is 0 Å². The van der Waals surface area contributed by atoms with Gasteiger partial charge >= 0.3 is 6.16 Å². The highest BCUT2D eigenvalue weighted by molar-refractivity contribution is 5.65. The highest BCUT2D eigenvalue weighted by Gasteiger charge is 2.64. The number of aromatic nitrogens is 3. The summed E-state index contributed by atoms with van der Waals surface area (Å²) in [4.78, 5) is 14.9. The summed E-state index contributed by atoms with van der Waals surface area (Å²) in [6, 6.07) is 5.71. The number of anilines is 1. The van der Waals surface area contributed by atoms with E-state index < -0.39 is 42.0 Å². The van der Waals surface area contributed by atoms with Crippen LogP contribution in [0.2, 0.25) is 0 Å². The minimum atomic E-state index is -1.47. The number of nitrogens with zero attached hydrogens (tertiary/aromatic N) is 4. The Morgan fingerprint density at radius 3 is 2.90 bits per heavy atom. The van der Waals surface area contributed by atoms with Crippen LogP contribution in [0.15, 0.2) is 18.5 Å². The molecule has 1 unspecified atom stereocenters. The Morgan fingerprint density at radius 2 is 2.21 bits per heavy atom. The molecule has 0 aliphatic carbocycles. The van der Waals surface area contributed by atoms with Crippen LogP contribution in [-0.4, -0.2) is 55.6 Å². The lowest BCUT2D eigenvalue weighted by Crippen LogP contribution is -2.44. The summed E-state index contributed by atoms with van der Waals surface area (Å²) in [5.74, 6) is -0.642. The molecule has 11 nitrogen and oxygen atoms in total. The molecule has 11 heteroatoms. The lowest BCUT2D eigenvalue weighted by Gasteiger charge is -2.30. The summed E-state index contributed by atoms with van der Waals surface area (Å²) in [6.07, 6.45) is -2.98. The summed E-state index contributed by atoms with van der Waals surface area (Å²) in [7, 11) is 0. The van der Waals surface area contributed by atoms with Crippen molar-refractivity contribution < 1.29 is 28.8 Å². The molecule has 0 radical (unpaired) electrons. The normalized spacial score (nSPS) is 31.3. The van der Waals surface area contributed by atoms with Gasteiger partial charge in [-0.05, 0) is 32.9 Å². The Morgan fingerprint density at radius 1 is 1.45 bits per heavy atom. The van der Waals surface area contributed by atoms with Crippen LogP contribution in [0.1, 0.15) is 39.0 Å². The SMILES string of the molecule is CC(C[C@]1(C#N)O[C@@H](c2ccc3c(N)ncnn23)[C@@H]2OC(C)(C)O[C@@H]21)OC(=O)O. The number of hydrogen-bond donors (Lipinski definition) is 2. The number of nitriles is 1. The number of carbonyl (C=O) groups is 1. The van der Waals surface area contributed by atoms with E-state index in [1.54, 1.807) is 37.4 Å². The van der Waals surface area contributed by atoms with Crippen molar-refractivity contribution in [1.82, 2.24) is 14.6 Å². The Kier molecular flexibility index (Phi) is 4.38. The van der Waals surface area contributed by atoms with Crippen molar-refractivity contribution in [2.75, 3.05) is 5.73 Å². The van der Waals surface area contributed by atoms with E-state index in [1.807, 2.05) is 0 Å². The molecule has 3 N–H and O–H groups in total. The first-order valence-corrected chi connectivity index (χ1v) is 9.08. The fraction of sp³-hybridized carbons (Fsp3) is 0.556. The van der Waals surface area contributed by atoms with Gasteiger partial charge in [-0.3, -0.25) is 0 Å². The molecule has 0 aromatic carbocycles. The molecule has 2 fully saturated rings. The van der Waals surface area contributed by atoms with Crippen LogP contribution < -0.4 is 5.73 Å². The summed E-state index contributed by atoms with van der Waals surface area (Å²) >= 11 is 0. The van der Waals surface area contributed by atoms with Crippen LogP contribution >= 0.6 is 0 Å². The number of fused-ring (bicyclic) bond motifs is 2. The summed E-state index contributed by atoms with van der Waals surface area (Å²) in [5, 5.41) is 23.2. The van der Waals surface area contributed by atoms with E-state index in [2.05, 4.69) is 16.2 Å². The van der Waals surface area contributed by atoms with E-state index >= 15 is 0 Å². The third kappa shape index (κ3) is 3.15. The van der Waals surface area contributed by atoms with Gasteiger partial charge < -0.3 is 29.8 Å². The molecule has 5 atom stereocenters. The molecule has 2 aromatic rings. The first-order chi connectivity index (χ1) is 13.7. The molecule has 4 rings (SSSR count). The highest BCUT2D eigenvalue weighted by Crippen LogP contribution is 2.51. The average Bonchev–Trinajstić information content (AvgIpc) is 3.26. The van der Waals surface area contributed by atoms with E-state index in [-0.39, 0.29) is 6.42 Å². The zero-order chi connectivity index (χ0) is 21.0. The molecule has 2 aliphatic heterocycles. The van der Waals surface area contributed by atoms with Crippen molar-refractivity contribution in [3.05, 3.63) is 24.2 Å². The number of rotatable bonds is 4. The lowest BCUT2D eigenvalue weighted by molar-refractivity contribution is -0.203. The van der Waals surface area contributed by atoms with E-state index in [1.165, 1.54) is 6.33 Å². The number of ether oxygens (including phenoxy) is 4. The van der Waals surface area contributed by atoms with Gasteiger partial charge in [0.05, 0.1) is 5.69 Å². The second kappa shape index (κ2) is 6.55. The minimum Gasteiger partial charge on any atom is -0.450 e. The molecular formula is C18H21N5O6. The molecule has 2 aliphatic rings. The van der Waals surface area contributed by atoms with Gasteiger partial charge in [0.25, 0.3) is 0 Å². The van der Waals surface area contributed by atoms with Gasteiger partial charge in [0.2, 0.25) is 0 Å². The van der Waals surface area contributed by atoms with Crippen molar-refractivity contribution in [3.8, 4) is 6.07 Å². The van der Waals surface area contributed by atoms with Gasteiger partial charge in [-0.1, -0.05) is 0 Å². The summed E-state index contributed by atoms with van der Waals surface area (Å²) in [6.45, 7) is 5.05. The lowest BCUT2D eigenvalue weighted by atomic mass is 9.90. The van der Waals surface area contributed by atoms with Crippen molar-refractivity contribution >= 4 is 17.5 Å².